The fourth-order valence-corrected chi connectivity index (χ4v) is 3.28. The van der Waals surface area contributed by atoms with Crippen molar-refractivity contribution in [1.29, 1.82) is 0 Å². The van der Waals surface area contributed by atoms with E-state index < -0.39 is 4.92 Å². The van der Waals surface area contributed by atoms with Crippen molar-refractivity contribution >= 4 is 17.4 Å². The molecule has 10 heteroatoms. The molecule has 10 nitrogen and oxygen atoms in total. The van der Waals surface area contributed by atoms with Gasteiger partial charge in [0.15, 0.2) is 0 Å². The van der Waals surface area contributed by atoms with Crippen molar-refractivity contribution in [1.82, 2.24) is 14.9 Å². The number of carbonyl (C=O) groups is 1. The minimum absolute atomic E-state index is 0.0263. The predicted molar refractivity (Wildman–Crippen MR) is 120 cm³/mol. The Morgan fingerprint density at radius 2 is 1.91 bits per heavy atom. The first-order valence-corrected chi connectivity index (χ1v) is 10.1. The fourth-order valence-electron chi connectivity index (χ4n) is 3.28. The van der Waals surface area contributed by atoms with E-state index in [1.165, 1.54) is 16.8 Å². The van der Waals surface area contributed by atoms with E-state index in [4.69, 9.17) is 9.26 Å². The van der Waals surface area contributed by atoms with Crippen LogP contribution in [0.25, 0.3) is 5.69 Å². The maximum atomic E-state index is 12.9. The first-order chi connectivity index (χ1) is 15.8. The molecule has 0 radical (unpaired) electrons. The van der Waals surface area contributed by atoms with E-state index in [0.29, 0.717) is 34.3 Å². The summed E-state index contributed by atoms with van der Waals surface area (Å²) in [6.07, 6.45) is 0. The lowest BCUT2D eigenvalue weighted by molar-refractivity contribution is -0.384. The third-order valence-corrected chi connectivity index (χ3v) is 5.04. The number of amides is 1. The monoisotopic (exact) mass is 447 g/mol. The minimum Gasteiger partial charge on any atom is -0.489 e. The molecule has 4 rings (SSSR count). The Morgan fingerprint density at radius 1 is 1.15 bits per heavy atom. The van der Waals surface area contributed by atoms with Crippen LogP contribution in [0.5, 0.6) is 5.75 Å². The zero-order chi connectivity index (χ0) is 23.5. The lowest BCUT2D eigenvalue weighted by Gasteiger charge is -2.10. The average Bonchev–Trinajstić information content (AvgIpc) is 3.33. The summed E-state index contributed by atoms with van der Waals surface area (Å²) < 4.78 is 12.5. The normalized spacial score (nSPS) is 10.8. The van der Waals surface area contributed by atoms with Crippen LogP contribution in [0.4, 0.5) is 11.5 Å². The van der Waals surface area contributed by atoms with Gasteiger partial charge in [0.25, 0.3) is 11.6 Å². The zero-order valence-corrected chi connectivity index (χ0v) is 18.2. The van der Waals surface area contributed by atoms with E-state index >= 15 is 0 Å². The summed E-state index contributed by atoms with van der Waals surface area (Å²) in [5, 5.41) is 22.0. The minimum atomic E-state index is -0.471. The number of non-ortho nitro benzene ring substituents is 1. The number of nitro benzene ring substituents is 1. The van der Waals surface area contributed by atoms with E-state index in [0.717, 1.165) is 11.3 Å². The van der Waals surface area contributed by atoms with Gasteiger partial charge in [-0.25, -0.2) is 4.68 Å². The number of aryl methyl sites for hydroxylation is 3. The van der Waals surface area contributed by atoms with Gasteiger partial charge in [0, 0.05) is 23.8 Å². The lowest BCUT2D eigenvalue weighted by Crippen LogP contribution is -2.15. The van der Waals surface area contributed by atoms with Gasteiger partial charge in [0.1, 0.15) is 23.9 Å². The molecule has 4 aromatic rings. The van der Waals surface area contributed by atoms with Crippen LogP contribution in [0.15, 0.2) is 59.1 Å². The second kappa shape index (κ2) is 8.95. The standard InChI is InChI=1S/C23H21N5O5/c1-14-11-22(27(25-14)18-7-9-19(10-8-18)28(30)31)24-23(29)17-5-4-6-20(12-17)32-13-21-15(2)26-33-16(21)3/h4-12H,13H2,1-3H3,(H,24,29). The molecule has 2 aromatic carbocycles. The summed E-state index contributed by atoms with van der Waals surface area (Å²) >= 11 is 0. The Labute approximate surface area is 188 Å². The number of carbonyl (C=O) groups excluding carboxylic acids is 1. The Bertz CT molecular complexity index is 1300. The number of hydrogen-bond acceptors (Lipinski definition) is 7. The van der Waals surface area contributed by atoms with Crippen molar-refractivity contribution in [3.05, 3.63) is 93.0 Å². The van der Waals surface area contributed by atoms with Crippen LogP contribution in [0, 0.1) is 30.9 Å². The lowest BCUT2D eigenvalue weighted by atomic mass is 10.2. The fraction of sp³-hybridized carbons (Fsp3) is 0.174. The molecule has 0 atom stereocenters. The molecule has 168 valence electrons. The summed E-state index contributed by atoms with van der Waals surface area (Å²) in [5.74, 6) is 1.31. The summed E-state index contributed by atoms with van der Waals surface area (Å²) in [4.78, 5) is 23.4. The van der Waals surface area contributed by atoms with E-state index in [1.807, 2.05) is 13.8 Å². The number of rotatable bonds is 7. The Balaban J connectivity index is 1.51. The number of nitrogens with one attached hydrogen (secondary N) is 1. The Morgan fingerprint density at radius 3 is 2.58 bits per heavy atom. The largest absolute Gasteiger partial charge is 0.489 e. The number of ether oxygens (including phenoxy) is 1. The highest BCUT2D eigenvalue weighted by Crippen LogP contribution is 2.22. The van der Waals surface area contributed by atoms with Gasteiger partial charge >= 0.3 is 0 Å². The van der Waals surface area contributed by atoms with Crippen molar-refractivity contribution in [3.8, 4) is 11.4 Å². The topological polar surface area (TPSA) is 125 Å². The summed E-state index contributed by atoms with van der Waals surface area (Å²) in [7, 11) is 0. The predicted octanol–water partition coefficient (Wildman–Crippen LogP) is 4.53. The molecular weight excluding hydrogens is 426 g/mol. The average molecular weight is 447 g/mol. The number of aromatic nitrogens is 3. The molecule has 0 aliphatic heterocycles. The van der Waals surface area contributed by atoms with Crippen molar-refractivity contribution in [2.75, 3.05) is 5.32 Å². The van der Waals surface area contributed by atoms with Crippen LogP contribution in [0.3, 0.4) is 0 Å². The summed E-state index contributed by atoms with van der Waals surface area (Å²) in [6, 6.07) is 14.5. The van der Waals surface area contributed by atoms with E-state index in [2.05, 4.69) is 15.6 Å². The molecule has 0 aliphatic rings. The third-order valence-electron chi connectivity index (χ3n) is 5.04. The van der Waals surface area contributed by atoms with Gasteiger partial charge in [-0.2, -0.15) is 5.10 Å². The molecule has 0 spiro atoms. The second-order valence-electron chi connectivity index (χ2n) is 7.43. The van der Waals surface area contributed by atoms with Gasteiger partial charge in [0.2, 0.25) is 0 Å². The highest BCUT2D eigenvalue weighted by molar-refractivity contribution is 6.04. The Hall–Kier alpha value is -4.47. The quantitative estimate of drug-likeness (QED) is 0.326. The molecule has 0 unspecified atom stereocenters. The summed E-state index contributed by atoms with van der Waals surface area (Å²) in [5.41, 5.74) is 3.27. The van der Waals surface area contributed by atoms with Crippen molar-refractivity contribution in [3.63, 3.8) is 0 Å². The number of nitro groups is 1. The molecular formula is C23H21N5O5. The van der Waals surface area contributed by atoms with E-state index in [9.17, 15) is 14.9 Å². The molecule has 1 N–H and O–H groups in total. The van der Waals surface area contributed by atoms with Gasteiger partial charge in [0.05, 0.1) is 27.6 Å². The molecule has 0 saturated heterocycles. The molecule has 2 heterocycles. The van der Waals surface area contributed by atoms with Crippen molar-refractivity contribution in [2.24, 2.45) is 0 Å². The molecule has 0 saturated carbocycles. The van der Waals surface area contributed by atoms with Crippen molar-refractivity contribution in [2.45, 2.75) is 27.4 Å². The summed E-state index contributed by atoms with van der Waals surface area (Å²) in [6.45, 7) is 5.73. The highest BCUT2D eigenvalue weighted by atomic mass is 16.6. The van der Waals surface area contributed by atoms with Crippen molar-refractivity contribution < 1.29 is 19.0 Å². The SMILES string of the molecule is Cc1cc(NC(=O)c2cccc(OCc3c(C)noc3C)c2)n(-c2ccc([N+](=O)[O-])cc2)n1. The van der Waals surface area contributed by atoms with Crippen LogP contribution in [0.1, 0.15) is 33.1 Å². The van der Waals surface area contributed by atoms with Gasteiger partial charge in [-0.05, 0) is 51.1 Å². The van der Waals surface area contributed by atoms with Gasteiger partial charge in [-0.15, -0.1) is 0 Å². The van der Waals surface area contributed by atoms with E-state index in [1.54, 1.807) is 49.4 Å². The molecule has 0 fully saturated rings. The first kappa shape index (κ1) is 21.8. The highest BCUT2D eigenvalue weighted by Gasteiger charge is 2.15. The van der Waals surface area contributed by atoms with Gasteiger partial charge in [-0.1, -0.05) is 11.2 Å². The third kappa shape index (κ3) is 4.74. The van der Waals surface area contributed by atoms with Crippen LogP contribution < -0.4 is 10.1 Å². The van der Waals surface area contributed by atoms with Crippen LogP contribution >= 0.6 is 0 Å². The van der Waals surface area contributed by atoms with E-state index in [-0.39, 0.29) is 18.2 Å². The van der Waals surface area contributed by atoms with Crippen LogP contribution in [-0.2, 0) is 6.61 Å². The van der Waals surface area contributed by atoms with Gasteiger partial charge in [-0.3, -0.25) is 14.9 Å². The maximum absolute atomic E-state index is 12.9. The Kier molecular flexibility index (Phi) is 5.90. The van der Waals surface area contributed by atoms with Gasteiger partial charge < -0.3 is 14.6 Å². The maximum Gasteiger partial charge on any atom is 0.269 e. The molecule has 2 aromatic heterocycles. The number of anilines is 1. The first-order valence-electron chi connectivity index (χ1n) is 10.1. The molecule has 33 heavy (non-hydrogen) atoms. The van der Waals surface area contributed by atoms with Crippen LogP contribution in [-0.4, -0.2) is 25.8 Å². The zero-order valence-electron chi connectivity index (χ0n) is 18.2. The molecule has 0 aliphatic carbocycles. The number of benzene rings is 2. The number of nitrogens with zero attached hydrogens (tertiary/aromatic N) is 4. The van der Waals surface area contributed by atoms with Crippen LogP contribution in [0.2, 0.25) is 0 Å². The molecule has 1 amide bonds. The molecule has 0 bridgehead atoms. The second-order valence-corrected chi connectivity index (χ2v) is 7.43. The smallest absolute Gasteiger partial charge is 0.269 e. The number of hydrogen-bond donors (Lipinski definition) is 1.